The van der Waals surface area contributed by atoms with E-state index in [1.807, 2.05) is 0 Å². The zero-order valence-electron chi connectivity index (χ0n) is 10.0. The molecule has 0 radical (unpaired) electrons. The molecule has 0 aromatic heterocycles. The maximum atomic E-state index is 13.3. The number of hydrogen-bond acceptors (Lipinski definition) is 2. The molecule has 0 saturated carbocycles. The predicted octanol–water partition coefficient (Wildman–Crippen LogP) is 1.23. The highest BCUT2D eigenvalue weighted by Gasteiger charge is 2.15. The highest BCUT2D eigenvalue weighted by molar-refractivity contribution is 5.78. The van der Waals surface area contributed by atoms with Crippen LogP contribution in [0.1, 0.15) is 12.0 Å². The van der Waals surface area contributed by atoms with Crippen molar-refractivity contribution in [2.24, 2.45) is 5.92 Å². The van der Waals surface area contributed by atoms with Crippen LogP contribution in [-0.4, -0.2) is 25.5 Å². The molecule has 1 aliphatic heterocycles. The highest BCUT2D eigenvalue weighted by Crippen LogP contribution is 2.10. The lowest BCUT2D eigenvalue weighted by molar-refractivity contribution is -0.120. The van der Waals surface area contributed by atoms with Crippen LogP contribution in [0.4, 0.5) is 8.78 Å². The van der Waals surface area contributed by atoms with Crippen molar-refractivity contribution in [2.75, 3.05) is 19.6 Å². The summed E-state index contributed by atoms with van der Waals surface area (Å²) in [6, 6.07) is 3.26. The van der Waals surface area contributed by atoms with E-state index in [0.29, 0.717) is 12.5 Å². The lowest BCUT2D eigenvalue weighted by Crippen LogP contribution is -2.31. The van der Waals surface area contributed by atoms with Gasteiger partial charge in [-0.15, -0.1) is 0 Å². The van der Waals surface area contributed by atoms with Gasteiger partial charge in [0.2, 0.25) is 5.91 Å². The molecule has 0 spiro atoms. The molecule has 1 atom stereocenters. The third kappa shape index (κ3) is 3.50. The average Bonchev–Trinajstić information content (AvgIpc) is 2.83. The summed E-state index contributed by atoms with van der Waals surface area (Å²) in [5, 5.41) is 5.98. The van der Waals surface area contributed by atoms with E-state index in [1.165, 1.54) is 6.07 Å². The Hall–Kier alpha value is -1.49. The van der Waals surface area contributed by atoms with Gasteiger partial charge in [-0.25, -0.2) is 8.78 Å². The summed E-state index contributed by atoms with van der Waals surface area (Å²) in [6.07, 6.45) is 0.997. The predicted molar refractivity (Wildman–Crippen MR) is 64.0 cm³/mol. The summed E-state index contributed by atoms with van der Waals surface area (Å²) < 4.78 is 26.0. The topological polar surface area (TPSA) is 41.1 Å². The minimum atomic E-state index is -0.673. The first-order valence-electron chi connectivity index (χ1n) is 6.06. The van der Waals surface area contributed by atoms with E-state index in [4.69, 9.17) is 0 Å². The largest absolute Gasteiger partial charge is 0.355 e. The van der Waals surface area contributed by atoms with Crippen LogP contribution in [0.3, 0.4) is 0 Å². The van der Waals surface area contributed by atoms with Gasteiger partial charge in [0.25, 0.3) is 0 Å². The Morgan fingerprint density at radius 2 is 2.28 bits per heavy atom. The third-order valence-electron chi connectivity index (χ3n) is 3.12. The number of rotatable bonds is 4. The Kier molecular flexibility index (Phi) is 4.25. The summed E-state index contributed by atoms with van der Waals surface area (Å²) in [7, 11) is 0. The zero-order chi connectivity index (χ0) is 13.0. The first kappa shape index (κ1) is 13.0. The van der Waals surface area contributed by atoms with Crippen molar-refractivity contribution in [1.82, 2.24) is 10.6 Å². The fraction of sp³-hybridized carbons (Fsp3) is 0.462. The molecular formula is C13H16F2N2O. The molecule has 1 saturated heterocycles. The zero-order valence-corrected chi connectivity index (χ0v) is 10.0. The Morgan fingerprint density at radius 3 is 2.94 bits per heavy atom. The number of nitrogens with one attached hydrogen (secondary N) is 2. The Labute approximate surface area is 105 Å². The van der Waals surface area contributed by atoms with E-state index < -0.39 is 11.6 Å². The van der Waals surface area contributed by atoms with Gasteiger partial charge in [0.15, 0.2) is 0 Å². The number of hydrogen-bond donors (Lipinski definition) is 2. The number of carbonyl (C=O) groups excluding carboxylic acids is 1. The van der Waals surface area contributed by atoms with Gasteiger partial charge in [-0.1, -0.05) is 6.07 Å². The number of amides is 1. The van der Waals surface area contributed by atoms with E-state index in [2.05, 4.69) is 10.6 Å². The van der Waals surface area contributed by atoms with Crippen LogP contribution in [0.15, 0.2) is 18.2 Å². The van der Waals surface area contributed by atoms with E-state index in [-0.39, 0.29) is 17.9 Å². The highest BCUT2D eigenvalue weighted by atomic mass is 19.1. The van der Waals surface area contributed by atoms with Gasteiger partial charge in [0, 0.05) is 12.6 Å². The van der Waals surface area contributed by atoms with Crippen LogP contribution in [0.5, 0.6) is 0 Å². The van der Waals surface area contributed by atoms with Crippen LogP contribution >= 0.6 is 0 Å². The molecule has 1 aliphatic rings. The van der Waals surface area contributed by atoms with E-state index in [1.54, 1.807) is 0 Å². The molecule has 1 heterocycles. The number of halogens is 2. The molecule has 2 N–H and O–H groups in total. The van der Waals surface area contributed by atoms with Crippen LogP contribution < -0.4 is 10.6 Å². The lowest BCUT2D eigenvalue weighted by atomic mass is 10.1. The van der Waals surface area contributed by atoms with Gasteiger partial charge < -0.3 is 10.6 Å². The summed E-state index contributed by atoms with van der Waals surface area (Å²) in [6.45, 7) is 2.49. The smallest absolute Gasteiger partial charge is 0.224 e. The second kappa shape index (κ2) is 5.91. The van der Waals surface area contributed by atoms with Crippen molar-refractivity contribution >= 4 is 5.91 Å². The summed E-state index contributed by atoms with van der Waals surface area (Å²) in [5.41, 5.74) is 0.221. The monoisotopic (exact) mass is 254 g/mol. The van der Waals surface area contributed by atoms with Crippen molar-refractivity contribution in [3.8, 4) is 0 Å². The lowest BCUT2D eigenvalue weighted by Gasteiger charge is -2.10. The molecule has 1 aromatic rings. The van der Waals surface area contributed by atoms with Gasteiger partial charge in [0.1, 0.15) is 11.6 Å². The molecular weight excluding hydrogens is 238 g/mol. The molecule has 2 rings (SSSR count). The van der Waals surface area contributed by atoms with E-state index in [0.717, 1.165) is 31.6 Å². The Bertz CT molecular complexity index is 431. The number of carbonyl (C=O) groups is 1. The van der Waals surface area contributed by atoms with Crippen LogP contribution in [0.25, 0.3) is 0 Å². The summed E-state index contributed by atoms with van der Waals surface area (Å²) in [4.78, 5) is 11.6. The van der Waals surface area contributed by atoms with Gasteiger partial charge in [-0.2, -0.15) is 0 Å². The summed E-state index contributed by atoms with van der Waals surface area (Å²) in [5.74, 6) is -1.08. The maximum Gasteiger partial charge on any atom is 0.224 e. The minimum Gasteiger partial charge on any atom is -0.355 e. The van der Waals surface area contributed by atoms with Crippen molar-refractivity contribution in [2.45, 2.75) is 12.8 Å². The fourth-order valence-electron chi connectivity index (χ4n) is 2.05. The normalized spacial score (nSPS) is 18.9. The molecule has 0 aliphatic carbocycles. The minimum absolute atomic E-state index is 0.0493. The van der Waals surface area contributed by atoms with Gasteiger partial charge >= 0.3 is 0 Å². The Morgan fingerprint density at radius 1 is 1.44 bits per heavy atom. The van der Waals surface area contributed by atoms with Crippen molar-refractivity contribution in [3.63, 3.8) is 0 Å². The standard InChI is InChI=1S/C13H16F2N2O/c14-11-2-1-10(12(15)6-11)5-13(18)17-8-9-3-4-16-7-9/h1-2,6,9,16H,3-5,7-8H2,(H,17,18). The van der Waals surface area contributed by atoms with Crippen molar-refractivity contribution < 1.29 is 13.6 Å². The number of benzene rings is 1. The van der Waals surface area contributed by atoms with Gasteiger partial charge in [0.05, 0.1) is 6.42 Å². The molecule has 1 fully saturated rings. The average molecular weight is 254 g/mol. The van der Waals surface area contributed by atoms with Gasteiger partial charge in [-0.05, 0) is 37.1 Å². The first-order valence-corrected chi connectivity index (χ1v) is 6.06. The molecule has 18 heavy (non-hydrogen) atoms. The van der Waals surface area contributed by atoms with Crippen molar-refractivity contribution in [1.29, 1.82) is 0 Å². The molecule has 1 unspecified atom stereocenters. The van der Waals surface area contributed by atoms with Crippen LogP contribution in [0.2, 0.25) is 0 Å². The molecule has 5 heteroatoms. The molecule has 1 amide bonds. The Balaban J connectivity index is 1.82. The molecule has 0 bridgehead atoms. The quantitative estimate of drug-likeness (QED) is 0.848. The molecule has 1 aromatic carbocycles. The molecule has 3 nitrogen and oxygen atoms in total. The van der Waals surface area contributed by atoms with Crippen LogP contribution in [-0.2, 0) is 11.2 Å². The second-order valence-corrected chi connectivity index (χ2v) is 4.58. The van der Waals surface area contributed by atoms with E-state index in [9.17, 15) is 13.6 Å². The second-order valence-electron chi connectivity index (χ2n) is 4.58. The SMILES string of the molecule is O=C(Cc1ccc(F)cc1F)NCC1CCNC1. The maximum absolute atomic E-state index is 13.3. The molecule has 98 valence electrons. The fourth-order valence-corrected chi connectivity index (χ4v) is 2.05. The third-order valence-corrected chi connectivity index (χ3v) is 3.12. The first-order chi connectivity index (χ1) is 8.65. The van der Waals surface area contributed by atoms with E-state index >= 15 is 0 Å². The van der Waals surface area contributed by atoms with Gasteiger partial charge in [-0.3, -0.25) is 4.79 Å². The van der Waals surface area contributed by atoms with Crippen LogP contribution in [0, 0.1) is 17.6 Å². The summed E-state index contributed by atoms with van der Waals surface area (Å²) >= 11 is 0. The van der Waals surface area contributed by atoms with Crippen molar-refractivity contribution in [3.05, 3.63) is 35.4 Å².